The van der Waals surface area contributed by atoms with Gasteiger partial charge in [-0.3, -0.25) is 15.0 Å². The summed E-state index contributed by atoms with van der Waals surface area (Å²) in [6.07, 6.45) is 0.945. The van der Waals surface area contributed by atoms with Gasteiger partial charge in [0, 0.05) is 44.8 Å². The van der Waals surface area contributed by atoms with Gasteiger partial charge in [0.15, 0.2) is 5.13 Å². The van der Waals surface area contributed by atoms with Crippen molar-refractivity contribution in [3.63, 3.8) is 0 Å². The molecular formula is C23H27N5O2S. The van der Waals surface area contributed by atoms with Crippen LogP contribution in [0.1, 0.15) is 29.3 Å². The number of nitrogens with one attached hydrogen (secondary N) is 2. The van der Waals surface area contributed by atoms with E-state index in [-0.39, 0.29) is 11.9 Å². The molecular weight excluding hydrogens is 410 g/mol. The number of para-hydroxylation sites is 1. The highest BCUT2D eigenvalue weighted by atomic mass is 32.1. The van der Waals surface area contributed by atoms with Gasteiger partial charge >= 0.3 is 6.03 Å². The van der Waals surface area contributed by atoms with Crippen molar-refractivity contribution in [1.82, 2.24) is 20.1 Å². The fourth-order valence-electron chi connectivity index (χ4n) is 3.57. The lowest BCUT2D eigenvalue weighted by molar-refractivity contribution is 0.102. The van der Waals surface area contributed by atoms with E-state index < -0.39 is 0 Å². The number of hydrogen-bond acceptors (Lipinski definition) is 5. The molecule has 0 atom stereocenters. The third-order valence-electron chi connectivity index (χ3n) is 5.32. The van der Waals surface area contributed by atoms with Crippen LogP contribution in [0.15, 0.2) is 48.5 Å². The van der Waals surface area contributed by atoms with Crippen LogP contribution in [0.25, 0.3) is 10.2 Å². The molecule has 2 heterocycles. The van der Waals surface area contributed by atoms with E-state index in [1.165, 1.54) is 11.3 Å². The Morgan fingerprint density at radius 2 is 1.77 bits per heavy atom. The first-order valence-corrected chi connectivity index (χ1v) is 11.4. The maximum atomic E-state index is 12.6. The second-order valence-electron chi connectivity index (χ2n) is 7.63. The zero-order valence-electron chi connectivity index (χ0n) is 17.6. The number of hydrogen-bond donors (Lipinski definition) is 2. The topological polar surface area (TPSA) is 77.6 Å². The molecule has 8 heteroatoms. The molecule has 4 rings (SSSR count). The molecule has 2 aromatic carbocycles. The van der Waals surface area contributed by atoms with Crippen LogP contribution in [0.3, 0.4) is 0 Å². The summed E-state index contributed by atoms with van der Waals surface area (Å²) in [6.45, 7) is 6.74. The first-order chi connectivity index (χ1) is 15.1. The molecule has 3 aromatic rings. The van der Waals surface area contributed by atoms with Gasteiger partial charge in [-0.1, -0.05) is 42.5 Å². The number of thiazole rings is 1. The van der Waals surface area contributed by atoms with Crippen LogP contribution < -0.4 is 10.6 Å². The SMILES string of the molecule is CCCNC(=O)N1CCN(Cc2ccc(C(=O)Nc3nc4ccccc4s3)cc2)CC1. The Labute approximate surface area is 186 Å². The first kappa shape index (κ1) is 21.3. The number of amides is 3. The number of benzene rings is 2. The van der Waals surface area contributed by atoms with Gasteiger partial charge < -0.3 is 10.2 Å². The normalized spacial score (nSPS) is 14.5. The minimum Gasteiger partial charge on any atom is -0.338 e. The molecule has 0 aliphatic carbocycles. The molecule has 162 valence electrons. The number of fused-ring (bicyclic) bond motifs is 1. The molecule has 7 nitrogen and oxygen atoms in total. The van der Waals surface area contributed by atoms with Gasteiger partial charge in [-0.2, -0.15) is 0 Å². The Hall–Kier alpha value is -2.97. The maximum Gasteiger partial charge on any atom is 0.317 e. The van der Waals surface area contributed by atoms with Gasteiger partial charge in [-0.25, -0.2) is 9.78 Å². The quantitative estimate of drug-likeness (QED) is 0.615. The Kier molecular flexibility index (Phi) is 6.79. The number of carbonyl (C=O) groups excluding carboxylic acids is 2. The largest absolute Gasteiger partial charge is 0.338 e. The lowest BCUT2D eigenvalue weighted by atomic mass is 10.1. The van der Waals surface area contributed by atoms with Gasteiger partial charge in [0.1, 0.15) is 0 Å². The lowest BCUT2D eigenvalue weighted by Gasteiger charge is -2.34. The summed E-state index contributed by atoms with van der Waals surface area (Å²) in [5, 5.41) is 6.44. The third-order valence-corrected chi connectivity index (χ3v) is 6.27. The van der Waals surface area contributed by atoms with E-state index in [4.69, 9.17) is 0 Å². The Bertz CT molecular complexity index is 1010. The summed E-state index contributed by atoms with van der Waals surface area (Å²) < 4.78 is 1.05. The van der Waals surface area contributed by atoms with Crippen molar-refractivity contribution in [2.45, 2.75) is 19.9 Å². The Morgan fingerprint density at radius 1 is 1.03 bits per heavy atom. The number of rotatable bonds is 6. The standard InChI is InChI=1S/C23H27N5O2S/c1-2-11-24-23(30)28-14-12-27(13-15-28)16-17-7-9-18(10-8-17)21(29)26-22-25-19-5-3-4-6-20(19)31-22/h3-10H,2,11-16H2,1H3,(H,24,30)(H,25,26,29). The number of aromatic nitrogens is 1. The summed E-state index contributed by atoms with van der Waals surface area (Å²) in [4.78, 5) is 33.3. The van der Waals surface area contributed by atoms with E-state index in [0.717, 1.165) is 61.5 Å². The van der Waals surface area contributed by atoms with E-state index in [0.29, 0.717) is 10.7 Å². The summed E-state index contributed by atoms with van der Waals surface area (Å²) >= 11 is 1.47. The maximum absolute atomic E-state index is 12.6. The molecule has 3 amide bonds. The molecule has 1 fully saturated rings. The minimum absolute atomic E-state index is 0.0324. The summed E-state index contributed by atoms with van der Waals surface area (Å²) in [5.41, 5.74) is 2.65. The average molecular weight is 438 g/mol. The van der Waals surface area contributed by atoms with Crippen LogP contribution in [0.5, 0.6) is 0 Å². The van der Waals surface area contributed by atoms with Crippen molar-refractivity contribution in [3.05, 3.63) is 59.7 Å². The molecule has 1 saturated heterocycles. The van der Waals surface area contributed by atoms with Gasteiger partial charge in [0.25, 0.3) is 5.91 Å². The van der Waals surface area contributed by atoms with Crippen molar-refractivity contribution in [1.29, 1.82) is 0 Å². The van der Waals surface area contributed by atoms with E-state index in [2.05, 4.69) is 20.5 Å². The Balaban J connectivity index is 1.28. The zero-order chi connectivity index (χ0) is 21.6. The molecule has 0 radical (unpaired) electrons. The number of carbonyl (C=O) groups is 2. The molecule has 1 aliphatic rings. The van der Waals surface area contributed by atoms with Gasteiger partial charge in [-0.05, 0) is 36.2 Å². The highest BCUT2D eigenvalue weighted by Gasteiger charge is 2.20. The minimum atomic E-state index is -0.155. The predicted octanol–water partition coefficient (Wildman–Crippen LogP) is 3.79. The number of nitrogens with zero attached hydrogens (tertiary/aromatic N) is 3. The van der Waals surface area contributed by atoms with Crippen molar-refractivity contribution in [2.24, 2.45) is 0 Å². The predicted molar refractivity (Wildman–Crippen MR) is 125 cm³/mol. The van der Waals surface area contributed by atoms with E-state index in [1.54, 1.807) is 0 Å². The highest BCUT2D eigenvalue weighted by molar-refractivity contribution is 7.22. The summed E-state index contributed by atoms with van der Waals surface area (Å²) in [5.74, 6) is -0.155. The molecule has 2 N–H and O–H groups in total. The monoisotopic (exact) mass is 437 g/mol. The van der Waals surface area contributed by atoms with Crippen molar-refractivity contribution in [2.75, 3.05) is 38.0 Å². The molecule has 0 saturated carbocycles. The van der Waals surface area contributed by atoms with Crippen LogP contribution in [0.4, 0.5) is 9.93 Å². The van der Waals surface area contributed by atoms with Crippen LogP contribution in [0, 0.1) is 0 Å². The van der Waals surface area contributed by atoms with Crippen LogP contribution in [-0.2, 0) is 6.54 Å². The van der Waals surface area contributed by atoms with E-state index >= 15 is 0 Å². The molecule has 0 bridgehead atoms. The second kappa shape index (κ2) is 9.89. The smallest absolute Gasteiger partial charge is 0.317 e. The Morgan fingerprint density at radius 3 is 2.48 bits per heavy atom. The molecule has 1 aliphatic heterocycles. The molecule has 31 heavy (non-hydrogen) atoms. The zero-order valence-corrected chi connectivity index (χ0v) is 18.5. The second-order valence-corrected chi connectivity index (χ2v) is 8.66. The van der Waals surface area contributed by atoms with E-state index in [1.807, 2.05) is 60.4 Å². The van der Waals surface area contributed by atoms with Gasteiger partial charge in [0.05, 0.1) is 10.2 Å². The summed E-state index contributed by atoms with van der Waals surface area (Å²) in [7, 11) is 0. The van der Waals surface area contributed by atoms with Crippen LogP contribution in [0.2, 0.25) is 0 Å². The van der Waals surface area contributed by atoms with Crippen molar-refractivity contribution >= 4 is 38.6 Å². The van der Waals surface area contributed by atoms with Crippen LogP contribution in [-0.4, -0.2) is 59.4 Å². The van der Waals surface area contributed by atoms with Crippen LogP contribution >= 0.6 is 11.3 Å². The molecule has 0 unspecified atom stereocenters. The van der Waals surface area contributed by atoms with Gasteiger partial charge in [-0.15, -0.1) is 0 Å². The first-order valence-electron chi connectivity index (χ1n) is 10.6. The highest BCUT2D eigenvalue weighted by Crippen LogP contribution is 2.25. The molecule has 0 spiro atoms. The molecule has 1 aromatic heterocycles. The van der Waals surface area contributed by atoms with Gasteiger partial charge in [0.2, 0.25) is 0 Å². The lowest BCUT2D eigenvalue weighted by Crippen LogP contribution is -2.51. The number of anilines is 1. The van der Waals surface area contributed by atoms with E-state index in [9.17, 15) is 9.59 Å². The van der Waals surface area contributed by atoms with Crippen molar-refractivity contribution in [3.8, 4) is 0 Å². The fourth-order valence-corrected chi connectivity index (χ4v) is 4.43. The average Bonchev–Trinajstić information content (AvgIpc) is 3.20. The number of urea groups is 1. The fraction of sp³-hybridized carbons (Fsp3) is 0.348. The van der Waals surface area contributed by atoms with Crippen molar-refractivity contribution < 1.29 is 9.59 Å². The number of piperazine rings is 1. The third kappa shape index (κ3) is 5.39. The summed E-state index contributed by atoms with van der Waals surface area (Å²) in [6, 6.07) is 15.6.